The van der Waals surface area contributed by atoms with Gasteiger partial charge in [0.1, 0.15) is 5.82 Å². The fraction of sp³-hybridized carbons (Fsp3) is 0.657. The molecule has 248 valence electrons. The molecular weight excluding hydrogens is 584 g/mol. The Kier molecular flexibility index (Phi) is 9.99. The van der Waals surface area contributed by atoms with Crippen molar-refractivity contribution in [2.45, 2.75) is 97.3 Å². The minimum Gasteiger partial charge on any atom is -0.416 e. The number of halogens is 1. The topological polar surface area (TPSA) is 67.2 Å². The van der Waals surface area contributed by atoms with Crippen molar-refractivity contribution in [2.75, 3.05) is 62.8 Å². The summed E-state index contributed by atoms with van der Waals surface area (Å²) in [6.07, 6.45) is 2.47. The van der Waals surface area contributed by atoms with Crippen LogP contribution in [0.15, 0.2) is 24.3 Å². The van der Waals surface area contributed by atoms with E-state index in [9.17, 15) is 0 Å². The van der Waals surface area contributed by atoms with Gasteiger partial charge in [-0.25, -0.2) is 13.9 Å². The van der Waals surface area contributed by atoms with Crippen molar-refractivity contribution in [1.29, 1.82) is 0 Å². The van der Waals surface area contributed by atoms with Gasteiger partial charge in [-0.05, 0) is 94.9 Å². The Labute approximate surface area is 270 Å². The first kappa shape index (κ1) is 33.8. The zero-order valence-corrected chi connectivity index (χ0v) is 30.1. The SMILES string of the molecule is Cc1nc2c(NC(C)(C)C)cc(N3CCOCC3)nn2c1Cc1cccc(F)c1C1CCN(CCO[Si](C)(C)C(C)(C)C)CC1. The molecule has 0 spiro atoms. The normalized spacial score (nSPS) is 17.8. The number of rotatable bonds is 9. The molecule has 0 bridgehead atoms. The molecule has 0 radical (unpaired) electrons. The van der Waals surface area contributed by atoms with E-state index in [0.29, 0.717) is 19.6 Å². The fourth-order valence-electron chi connectivity index (χ4n) is 6.27. The summed E-state index contributed by atoms with van der Waals surface area (Å²) in [4.78, 5) is 9.76. The standard InChI is InChI=1S/C35H55FN6O2Si/c1-25-30(42-33(37-25)29(38-34(2,3)4)24-31(39-42)41-18-20-43-21-19-41)23-27-11-10-12-28(36)32(27)26-13-15-40(16-14-26)17-22-44-45(8,9)35(5,6)7/h10-12,24,26,38H,13-23H2,1-9H3. The molecule has 0 atom stereocenters. The molecule has 45 heavy (non-hydrogen) atoms. The summed E-state index contributed by atoms with van der Waals surface area (Å²) in [5.41, 5.74) is 5.43. The van der Waals surface area contributed by atoms with Crippen molar-refractivity contribution in [3.63, 3.8) is 0 Å². The highest BCUT2D eigenvalue weighted by Gasteiger charge is 2.37. The summed E-state index contributed by atoms with van der Waals surface area (Å²) in [5.74, 6) is 0.990. The van der Waals surface area contributed by atoms with Gasteiger partial charge in [0.15, 0.2) is 19.8 Å². The van der Waals surface area contributed by atoms with E-state index < -0.39 is 8.32 Å². The smallest absolute Gasteiger partial charge is 0.192 e. The van der Waals surface area contributed by atoms with E-state index in [2.05, 4.69) is 81.9 Å². The molecule has 2 aromatic heterocycles. The third kappa shape index (κ3) is 7.89. The van der Waals surface area contributed by atoms with E-state index in [1.165, 1.54) is 0 Å². The number of hydrogen-bond acceptors (Lipinski definition) is 7. The Morgan fingerprint density at radius 3 is 2.38 bits per heavy atom. The van der Waals surface area contributed by atoms with Gasteiger partial charge >= 0.3 is 0 Å². The maximum Gasteiger partial charge on any atom is 0.192 e. The third-order valence-electron chi connectivity index (χ3n) is 9.88. The first-order valence-electron chi connectivity index (χ1n) is 16.8. The van der Waals surface area contributed by atoms with Crippen LogP contribution in [-0.2, 0) is 15.6 Å². The number of aromatic nitrogens is 3. The molecule has 5 rings (SSSR count). The number of likely N-dealkylation sites (tertiary alicyclic amines) is 1. The number of morpholine rings is 1. The van der Waals surface area contributed by atoms with Crippen LogP contribution in [0.2, 0.25) is 18.1 Å². The number of nitrogens with one attached hydrogen (secondary N) is 1. The molecular formula is C35H55FN6O2Si. The lowest BCUT2D eigenvalue weighted by Gasteiger charge is -2.38. The average molecular weight is 639 g/mol. The van der Waals surface area contributed by atoms with Crippen molar-refractivity contribution in [3.05, 3.63) is 52.6 Å². The van der Waals surface area contributed by atoms with Crippen LogP contribution in [0.25, 0.3) is 5.65 Å². The maximum absolute atomic E-state index is 15.7. The fourth-order valence-corrected chi connectivity index (χ4v) is 7.30. The highest BCUT2D eigenvalue weighted by atomic mass is 28.4. The number of aryl methyl sites for hydroxylation is 1. The predicted molar refractivity (Wildman–Crippen MR) is 185 cm³/mol. The van der Waals surface area contributed by atoms with Crippen LogP contribution in [-0.4, -0.2) is 85.9 Å². The number of benzene rings is 1. The Morgan fingerprint density at radius 2 is 1.73 bits per heavy atom. The zero-order valence-electron chi connectivity index (χ0n) is 29.1. The minimum absolute atomic E-state index is 0.101. The Morgan fingerprint density at radius 1 is 1.04 bits per heavy atom. The highest BCUT2D eigenvalue weighted by Crippen LogP contribution is 2.37. The monoisotopic (exact) mass is 638 g/mol. The molecule has 3 aromatic rings. The molecule has 1 N–H and O–H groups in total. The van der Waals surface area contributed by atoms with E-state index in [0.717, 1.165) is 91.8 Å². The summed E-state index contributed by atoms with van der Waals surface area (Å²) in [6.45, 7) is 26.6. The van der Waals surface area contributed by atoms with Crippen molar-refractivity contribution in [3.8, 4) is 0 Å². The molecule has 4 heterocycles. The predicted octanol–water partition coefficient (Wildman–Crippen LogP) is 7.02. The molecule has 0 amide bonds. The van der Waals surface area contributed by atoms with Crippen LogP contribution < -0.4 is 10.2 Å². The Hall–Kier alpha value is -2.53. The van der Waals surface area contributed by atoms with E-state index in [1.54, 1.807) is 6.07 Å². The number of hydrogen-bond donors (Lipinski definition) is 1. The number of ether oxygens (including phenoxy) is 1. The number of fused-ring (bicyclic) bond motifs is 1. The summed E-state index contributed by atoms with van der Waals surface area (Å²) >= 11 is 0. The summed E-state index contributed by atoms with van der Waals surface area (Å²) < 4.78 is 29.7. The number of nitrogens with zero attached hydrogens (tertiary/aromatic N) is 5. The lowest BCUT2D eigenvalue weighted by atomic mass is 9.85. The van der Waals surface area contributed by atoms with Gasteiger partial charge in [0.05, 0.1) is 30.3 Å². The summed E-state index contributed by atoms with van der Waals surface area (Å²) in [6, 6.07) is 7.68. The van der Waals surface area contributed by atoms with Gasteiger partial charge in [-0.15, -0.1) is 5.10 Å². The van der Waals surface area contributed by atoms with Gasteiger partial charge in [0.25, 0.3) is 0 Å². The lowest BCUT2D eigenvalue weighted by molar-refractivity contribution is 0.122. The largest absolute Gasteiger partial charge is 0.416 e. The van der Waals surface area contributed by atoms with Crippen molar-refractivity contribution >= 4 is 25.5 Å². The molecule has 0 unspecified atom stereocenters. The molecule has 2 saturated heterocycles. The molecule has 2 aliphatic rings. The van der Waals surface area contributed by atoms with Crippen LogP contribution in [0, 0.1) is 12.7 Å². The summed E-state index contributed by atoms with van der Waals surface area (Å²) in [7, 11) is -1.76. The molecule has 2 aliphatic heterocycles. The van der Waals surface area contributed by atoms with E-state index in [1.807, 2.05) is 17.5 Å². The lowest BCUT2D eigenvalue weighted by Crippen LogP contribution is -2.43. The van der Waals surface area contributed by atoms with Crippen molar-refractivity contribution in [1.82, 2.24) is 19.5 Å². The van der Waals surface area contributed by atoms with E-state index in [4.69, 9.17) is 19.2 Å². The van der Waals surface area contributed by atoms with Crippen LogP contribution in [0.3, 0.4) is 0 Å². The van der Waals surface area contributed by atoms with Crippen LogP contribution in [0.4, 0.5) is 15.9 Å². The van der Waals surface area contributed by atoms with Gasteiger partial charge in [-0.3, -0.25) is 0 Å². The number of anilines is 2. The maximum atomic E-state index is 15.7. The van der Waals surface area contributed by atoms with Crippen molar-refractivity contribution < 1.29 is 13.6 Å². The van der Waals surface area contributed by atoms with Crippen LogP contribution in [0.1, 0.15) is 82.8 Å². The Balaban J connectivity index is 1.37. The van der Waals surface area contributed by atoms with Crippen molar-refractivity contribution in [2.24, 2.45) is 0 Å². The van der Waals surface area contributed by atoms with Gasteiger partial charge in [0.2, 0.25) is 0 Å². The van der Waals surface area contributed by atoms with Gasteiger partial charge in [-0.2, -0.15) is 0 Å². The summed E-state index contributed by atoms with van der Waals surface area (Å²) in [5, 5.41) is 8.99. The second-order valence-corrected chi connectivity index (χ2v) is 20.3. The van der Waals surface area contributed by atoms with Crippen LogP contribution >= 0.6 is 0 Å². The van der Waals surface area contributed by atoms with Gasteiger partial charge < -0.3 is 24.3 Å². The third-order valence-corrected chi connectivity index (χ3v) is 14.4. The molecule has 1 aromatic carbocycles. The second kappa shape index (κ2) is 13.3. The van der Waals surface area contributed by atoms with Gasteiger partial charge in [-0.1, -0.05) is 32.9 Å². The first-order chi connectivity index (χ1) is 21.1. The molecule has 8 nitrogen and oxygen atoms in total. The average Bonchev–Trinajstić information content (AvgIpc) is 3.28. The quantitative estimate of drug-likeness (QED) is 0.253. The molecule has 10 heteroatoms. The number of piperidine rings is 1. The first-order valence-corrected chi connectivity index (χ1v) is 19.7. The highest BCUT2D eigenvalue weighted by molar-refractivity contribution is 6.74. The van der Waals surface area contributed by atoms with Crippen LogP contribution in [0.5, 0.6) is 0 Å². The minimum atomic E-state index is -1.76. The zero-order chi connectivity index (χ0) is 32.6. The van der Waals surface area contributed by atoms with Gasteiger partial charge in [0, 0.05) is 44.3 Å². The van der Waals surface area contributed by atoms with E-state index in [-0.39, 0.29) is 22.3 Å². The Bertz CT molecular complexity index is 1460. The number of imidazole rings is 1. The molecule has 0 saturated carbocycles. The van der Waals surface area contributed by atoms with E-state index >= 15 is 4.39 Å². The second-order valence-electron chi connectivity index (χ2n) is 15.5. The molecule has 0 aliphatic carbocycles. The molecule has 2 fully saturated rings.